The summed E-state index contributed by atoms with van der Waals surface area (Å²) in [5.74, 6) is 1.04. The van der Waals surface area contributed by atoms with Gasteiger partial charge in [-0.3, -0.25) is 10.1 Å². The Labute approximate surface area is 177 Å². The van der Waals surface area contributed by atoms with Gasteiger partial charge in [0, 0.05) is 31.4 Å². The lowest BCUT2D eigenvalue weighted by molar-refractivity contribution is 0.0713. The summed E-state index contributed by atoms with van der Waals surface area (Å²) in [5.41, 5.74) is 2.39. The van der Waals surface area contributed by atoms with Crippen LogP contribution in [0.3, 0.4) is 0 Å². The zero-order valence-electron chi connectivity index (χ0n) is 17.4. The maximum absolute atomic E-state index is 12.9. The van der Waals surface area contributed by atoms with Crippen molar-refractivity contribution in [1.82, 2.24) is 15.2 Å². The van der Waals surface area contributed by atoms with Crippen LogP contribution in [0.1, 0.15) is 54.1 Å². The molecular weight excluding hydrogens is 378 g/mol. The average molecular weight is 406 g/mol. The molecule has 2 N–H and O–H groups in total. The minimum absolute atomic E-state index is 0.0543. The first-order valence-corrected chi connectivity index (χ1v) is 10.3. The van der Waals surface area contributed by atoms with E-state index < -0.39 is 0 Å². The van der Waals surface area contributed by atoms with E-state index in [0.29, 0.717) is 48.4 Å². The summed E-state index contributed by atoms with van der Waals surface area (Å²) in [5, 5.41) is 14.4. The predicted octanol–water partition coefficient (Wildman–Crippen LogP) is 3.75. The van der Waals surface area contributed by atoms with E-state index in [0.717, 1.165) is 12.8 Å². The van der Waals surface area contributed by atoms with Crippen LogP contribution in [0.5, 0.6) is 0 Å². The van der Waals surface area contributed by atoms with E-state index in [4.69, 9.17) is 5.26 Å². The number of nitriles is 1. The Balaban J connectivity index is 1.57. The normalized spacial score (nSPS) is 14.3. The highest BCUT2D eigenvalue weighted by Crippen LogP contribution is 2.29. The highest BCUT2D eigenvalue weighted by Gasteiger charge is 2.25. The van der Waals surface area contributed by atoms with E-state index in [2.05, 4.69) is 21.7 Å². The molecule has 2 aromatic rings. The van der Waals surface area contributed by atoms with Crippen molar-refractivity contribution >= 4 is 17.8 Å². The summed E-state index contributed by atoms with van der Waals surface area (Å²) >= 11 is 0. The van der Waals surface area contributed by atoms with Gasteiger partial charge in [-0.05, 0) is 54.5 Å². The molecule has 0 radical (unpaired) electrons. The number of hydrogen-bond acceptors (Lipinski definition) is 4. The maximum atomic E-state index is 12.9. The molecular formula is C23H27N5O2. The molecule has 3 amide bonds. The number of amides is 3. The second-order valence-electron chi connectivity index (χ2n) is 7.96. The van der Waals surface area contributed by atoms with Crippen LogP contribution in [0.25, 0.3) is 0 Å². The Morgan fingerprint density at radius 2 is 1.90 bits per heavy atom. The molecule has 0 spiro atoms. The molecule has 1 saturated heterocycles. The molecule has 1 aliphatic heterocycles. The monoisotopic (exact) mass is 405 g/mol. The molecule has 156 valence electrons. The van der Waals surface area contributed by atoms with Crippen molar-refractivity contribution in [2.24, 2.45) is 5.92 Å². The van der Waals surface area contributed by atoms with Crippen LogP contribution in [-0.2, 0) is 0 Å². The van der Waals surface area contributed by atoms with E-state index in [1.807, 2.05) is 43.0 Å². The van der Waals surface area contributed by atoms with E-state index in [-0.39, 0.29) is 11.9 Å². The molecule has 0 bridgehead atoms. The number of rotatable bonds is 5. The van der Waals surface area contributed by atoms with Crippen molar-refractivity contribution in [3.63, 3.8) is 0 Å². The smallest absolute Gasteiger partial charge is 0.320 e. The summed E-state index contributed by atoms with van der Waals surface area (Å²) < 4.78 is 0. The lowest BCUT2D eigenvalue weighted by Gasteiger charge is -2.32. The average Bonchev–Trinajstić information content (AvgIpc) is 2.77. The summed E-state index contributed by atoms with van der Waals surface area (Å²) in [4.78, 5) is 30.8. The quantitative estimate of drug-likeness (QED) is 0.791. The second-order valence-corrected chi connectivity index (χ2v) is 7.96. The standard InChI is InChI=1S/C23H27N5O2/c1-16(2)15-26-23(30)27-21-13-20(7-10-25-21)22(29)28-11-8-19(9-12-28)18-5-3-17(14-24)4-6-18/h3-7,10,13,16,19H,8-9,11-12,15H2,1-2H3,(H2,25,26,27,30). The number of nitrogens with zero attached hydrogens (tertiary/aromatic N) is 3. The number of carbonyl (C=O) groups is 2. The van der Waals surface area contributed by atoms with E-state index in [1.54, 1.807) is 12.1 Å². The third-order valence-corrected chi connectivity index (χ3v) is 5.21. The minimum atomic E-state index is -0.330. The molecule has 7 nitrogen and oxygen atoms in total. The van der Waals surface area contributed by atoms with Gasteiger partial charge >= 0.3 is 6.03 Å². The number of urea groups is 1. The number of nitrogens with one attached hydrogen (secondary N) is 2. The van der Waals surface area contributed by atoms with Crippen LogP contribution < -0.4 is 10.6 Å². The van der Waals surface area contributed by atoms with Gasteiger partial charge in [-0.15, -0.1) is 0 Å². The minimum Gasteiger partial charge on any atom is -0.339 e. The van der Waals surface area contributed by atoms with Gasteiger partial charge in [0.25, 0.3) is 5.91 Å². The van der Waals surface area contributed by atoms with Gasteiger partial charge in [-0.25, -0.2) is 9.78 Å². The fourth-order valence-electron chi connectivity index (χ4n) is 3.52. The van der Waals surface area contributed by atoms with Crippen molar-refractivity contribution in [3.8, 4) is 6.07 Å². The Hall–Kier alpha value is -3.40. The van der Waals surface area contributed by atoms with Crippen molar-refractivity contribution < 1.29 is 9.59 Å². The fraction of sp³-hybridized carbons (Fsp3) is 0.391. The first-order valence-electron chi connectivity index (χ1n) is 10.3. The van der Waals surface area contributed by atoms with Crippen LogP contribution in [0, 0.1) is 17.2 Å². The first kappa shape index (κ1) is 21.3. The van der Waals surface area contributed by atoms with Gasteiger partial charge in [0.05, 0.1) is 11.6 Å². The van der Waals surface area contributed by atoms with Gasteiger partial charge < -0.3 is 10.2 Å². The topological polar surface area (TPSA) is 98.1 Å². The van der Waals surface area contributed by atoms with Gasteiger partial charge in [0.1, 0.15) is 5.82 Å². The Morgan fingerprint density at radius 3 is 2.53 bits per heavy atom. The molecule has 1 aromatic heterocycles. The Morgan fingerprint density at radius 1 is 1.20 bits per heavy atom. The number of anilines is 1. The fourth-order valence-corrected chi connectivity index (χ4v) is 3.52. The molecule has 1 fully saturated rings. The number of pyridine rings is 1. The predicted molar refractivity (Wildman–Crippen MR) is 115 cm³/mol. The zero-order valence-corrected chi connectivity index (χ0v) is 17.4. The third kappa shape index (κ3) is 5.57. The van der Waals surface area contributed by atoms with Gasteiger partial charge in [0.2, 0.25) is 0 Å². The number of likely N-dealkylation sites (tertiary alicyclic amines) is 1. The van der Waals surface area contributed by atoms with Crippen LogP contribution in [0.15, 0.2) is 42.6 Å². The van der Waals surface area contributed by atoms with E-state index in [9.17, 15) is 9.59 Å². The highest BCUT2D eigenvalue weighted by molar-refractivity contribution is 5.96. The summed E-state index contributed by atoms with van der Waals surface area (Å²) in [6.45, 7) is 5.94. The molecule has 1 aromatic carbocycles. The largest absolute Gasteiger partial charge is 0.339 e. The van der Waals surface area contributed by atoms with Crippen LogP contribution in [-0.4, -0.2) is 41.5 Å². The summed E-state index contributed by atoms with van der Waals surface area (Å²) in [6.07, 6.45) is 3.30. The van der Waals surface area contributed by atoms with Crippen LogP contribution >= 0.6 is 0 Å². The molecule has 0 aliphatic carbocycles. The molecule has 0 atom stereocenters. The number of benzene rings is 1. The number of hydrogen-bond donors (Lipinski definition) is 2. The number of carbonyl (C=O) groups excluding carboxylic acids is 2. The lowest BCUT2D eigenvalue weighted by atomic mass is 9.89. The van der Waals surface area contributed by atoms with Gasteiger partial charge in [0.15, 0.2) is 0 Å². The highest BCUT2D eigenvalue weighted by atomic mass is 16.2. The lowest BCUT2D eigenvalue weighted by Crippen LogP contribution is -2.38. The van der Waals surface area contributed by atoms with E-state index >= 15 is 0 Å². The molecule has 0 unspecified atom stereocenters. The van der Waals surface area contributed by atoms with Crippen molar-refractivity contribution in [3.05, 3.63) is 59.3 Å². The van der Waals surface area contributed by atoms with Crippen molar-refractivity contribution in [2.75, 3.05) is 25.0 Å². The van der Waals surface area contributed by atoms with Crippen molar-refractivity contribution in [2.45, 2.75) is 32.6 Å². The Kier molecular flexibility index (Phi) is 7.02. The van der Waals surface area contributed by atoms with Gasteiger partial charge in [-0.2, -0.15) is 5.26 Å². The first-order chi connectivity index (χ1) is 14.5. The molecule has 7 heteroatoms. The molecule has 2 heterocycles. The second kappa shape index (κ2) is 9.88. The third-order valence-electron chi connectivity index (χ3n) is 5.21. The summed E-state index contributed by atoms with van der Waals surface area (Å²) in [7, 11) is 0. The SMILES string of the molecule is CC(C)CNC(=O)Nc1cc(C(=O)N2CCC(c3ccc(C#N)cc3)CC2)ccn1. The Bertz CT molecular complexity index is 925. The molecule has 0 saturated carbocycles. The zero-order chi connectivity index (χ0) is 21.5. The molecule has 1 aliphatic rings. The maximum Gasteiger partial charge on any atom is 0.320 e. The summed E-state index contributed by atoms with van der Waals surface area (Å²) in [6, 6.07) is 12.8. The van der Waals surface area contributed by atoms with Crippen LogP contribution in [0.2, 0.25) is 0 Å². The van der Waals surface area contributed by atoms with Crippen molar-refractivity contribution in [1.29, 1.82) is 5.26 Å². The molecule has 30 heavy (non-hydrogen) atoms. The van der Waals surface area contributed by atoms with E-state index in [1.165, 1.54) is 11.8 Å². The number of aromatic nitrogens is 1. The van der Waals surface area contributed by atoms with Gasteiger partial charge in [-0.1, -0.05) is 26.0 Å². The van der Waals surface area contributed by atoms with Crippen LogP contribution in [0.4, 0.5) is 10.6 Å². The number of piperidine rings is 1. The molecule has 3 rings (SSSR count).